The molecular formula is C14H15F3N2. The van der Waals surface area contributed by atoms with Crippen LogP contribution in [0.3, 0.4) is 0 Å². The van der Waals surface area contributed by atoms with E-state index in [1.165, 1.54) is 4.40 Å². The maximum absolute atomic E-state index is 13.0. The molecule has 2 aromatic rings. The molecule has 0 atom stereocenters. The summed E-state index contributed by atoms with van der Waals surface area (Å²) >= 11 is 0. The lowest BCUT2D eigenvalue weighted by Crippen LogP contribution is -2.19. The fourth-order valence-electron chi connectivity index (χ4n) is 2.81. The molecule has 0 aliphatic heterocycles. The van der Waals surface area contributed by atoms with Gasteiger partial charge in [0.05, 0.1) is 11.3 Å². The summed E-state index contributed by atoms with van der Waals surface area (Å²) in [5.41, 5.74) is 0.749. The molecule has 0 amide bonds. The number of nitrogens with zero attached hydrogens (tertiary/aromatic N) is 2. The molecule has 0 radical (unpaired) electrons. The Bertz CT molecular complexity index is 621. The second kappa shape index (κ2) is 3.99. The lowest BCUT2D eigenvalue weighted by Gasteiger charge is -2.31. The normalized spacial score (nSPS) is 23.6. The molecule has 0 unspecified atom stereocenters. The van der Waals surface area contributed by atoms with Crippen LogP contribution >= 0.6 is 0 Å². The highest BCUT2D eigenvalue weighted by Crippen LogP contribution is 2.41. The van der Waals surface area contributed by atoms with E-state index in [1.807, 2.05) is 0 Å². The van der Waals surface area contributed by atoms with E-state index in [2.05, 4.69) is 11.9 Å². The number of imidazole rings is 1. The Morgan fingerprint density at radius 3 is 2.53 bits per heavy atom. The quantitative estimate of drug-likeness (QED) is 0.758. The number of pyridine rings is 1. The lowest BCUT2D eigenvalue weighted by atomic mass is 9.75. The average molecular weight is 268 g/mol. The third-order valence-corrected chi connectivity index (χ3v) is 3.80. The van der Waals surface area contributed by atoms with Gasteiger partial charge in [0.2, 0.25) is 0 Å². The molecule has 1 saturated carbocycles. The first-order valence-electron chi connectivity index (χ1n) is 6.41. The van der Waals surface area contributed by atoms with Crippen LogP contribution in [-0.4, -0.2) is 9.38 Å². The Morgan fingerprint density at radius 1 is 1.26 bits per heavy atom. The Balaban J connectivity index is 2.11. The topological polar surface area (TPSA) is 17.3 Å². The largest absolute Gasteiger partial charge is 0.419 e. The Kier molecular flexibility index (Phi) is 2.62. The summed E-state index contributed by atoms with van der Waals surface area (Å²) in [4.78, 5) is 4.22. The highest BCUT2D eigenvalue weighted by molar-refractivity contribution is 5.52. The number of aromatic nitrogens is 2. The van der Waals surface area contributed by atoms with Crippen LogP contribution in [-0.2, 0) is 6.18 Å². The fraction of sp³-hybridized carbons (Fsp3) is 0.500. The van der Waals surface area contributed by atoms with E-state index in [0.29, 0.717) is 17.4 Å². The van der Waals surface area contributed by atoms with Crippen molar-refractivity contribution in [1.29, 1.82) is 0 Å². The zero-order valence-corrected chi connectivity index (χ0v) is 10.8. The molecule has 1 fully saturated rings. The molecule has 102 valence electrons. The van der Waals surface area contributed by atoms with E-state index in [1.54, 1.807) is 19.3 Å². The molecule has 3 rings (SSSR count). The van der Waals surface area contributed by atoms with Gasteiger partial charge in [-0.1, -0.05) is 6.92 Å². The van der Waals surface area contributed by atoms with E-state index >= 15 is 0 Å². The summed E-state index contributed by atoms with van der Waals surface area (Å²) in [6.07, 6.45) is 1.12. The smallest absolute Gasteiger partial charge is 0.306 e. The molecule has 2 nitrogen and oxygen atoms in total. The summed E-state index contributed by atoms with van der Waals surface area (Å²) in [5, 5.41) is 0. The van der Waals surface area contributed by atoms with Gasteiger partial charge in [0, 0.05) is 18.3 Å². The van der Waals surface area contributed by atoms with Crippen molar-refractivity contribution in [2.24, 2.45) is 5.92 Å². The van der Waals surface area contributed by atoms with E-state index in [-0.39, 0.29) is 5.65 Å². The molecule has 0 spiro atoms. The van der Waals surface area contributed by atoms with Crippen molar-refractivity contribution in [1.82, 2.24) is 9.38 Å². The highest BCUT2D eigenvalue weighted by Gasteiger charge is 2.35. The predicted molar refractivity (Wildman–Crippen MR) is 66.1 cm³/mol. The van der Waals surface area contributed by atoms with Crippen molar-refractivity contribution in [3.8, 4) is 0 Å². The number of hydrogen-bond acceptors (Lipinski definition) is 1. The van der Waals surface area contributed by atoms with Crippen LogP contribution in [0.15, 0.2) is 18.5 Å². The molecule has 0 saturated heterocycles. The number of halogens is 3. The zero-order chi connectivity index (χ0) is 13.8. The maximum atomic E-state index is 13.0. The number of fused-ring (bicyclic) bond motifs is 1. The van der Waals surface area contributed by atoms with Crippen LogP contribution in [0.5, 0.6) is 0 Å². The maximum Gasteiger partial charge on any atom is 0.419 e. The minimum Gasteiger partial charge on any atom is -0.306 e. The Morgan fingerprint density at radius 2 is 1.95 bits per heavy atom. The minimum absolute atomic E-state index is 0.0210. The number of rotatable bonds is 1. The predicted octanol–water partition coefficient (Wildman–Crippen LogP) is 4.18. The summed E-state index contributed by atoms with van der Waals surface area (Å²) in [5.74, 6) is 0.968. The number of aryl methyl sites for hydroxylation is 1. The van der Waals surface area contributed by atoms with Gasteiger partial charge >= 0.3 is 6.18 Å². The summed E-state index contributed by atoms with van der Waals surface area (Å²) in [7, 11) is 0. The summed E-state index contributed by atoms with van der Waals surface area (Å²) < 4.78 is 40.5. The molecule has 19 heavy (non-hydrogen) atoms. The van der Waals surface area contributed by atoms with E-state index in [9.17, 15) is 13.2 Å². The van der Waals surface area contributed by atoms with Gasteiger partial charge in [-0.05, 0) is 37.3 Å². The zero-order valence-electron chi connectivity index (χ0n) is 10.8. The molecule has 1 aliphatic rings. The molecule has 2 heterocycles. The molecule has 0 N–H and O–H groups in total. The number of alkyl halides is 3. The molecule has 0 bridgehead atoms. The van der Waals surface area contributed by atoms with E-state index in [0.717, 1.165) is 24.6 Å². The third-order valence-electron chi connectivity index (χ3n) is 3.80. The highest BCUT2D eigenvalue weighted by atomic mass is 19.4. The van der Waals surface area contributed by atoms with Gasteiger partial charge in [-0.15, -0.1) is 0 Å². The van der Waals surface area contributed by atoms with E-state index in [4.69, 9.17) is 0 Å². The van der Waals surface area contributed by atoms with Crippen LogP contribution in [0, 0.1) is 12.8 Å². The molecule has 5 heteroatoms. The van der Waals surface area contributed by atoms with Gasteiger partial charge < -0.3 is 4.40 Å². The first-order chi connectivity index (χ1) is 8.84. The van der Waals surface area contributed by atoms with Crippen LogP contribution in [0.4, 0.5) is 13.2 Å². The number of hydrogen-bond donors (Lipinski definition) is 0. The SMILES string of the molecule is Cc1cc(C(F)(F)F)c2nc(C3CC(C)C3)cn2c1. The monoisotopic (exact) mass is 268 g/mol. The van der Waals surface area contributed by atoms with Crippen LogP contribution in [0.1, 0.15) is 42.5 Å². The molecule has 1 aliphatic carbocycles. The summed E-state index contributed by atoms with van der Waals surface area (Å²) in [6, 6.07) is 1.16. The Labute approximate surface area is 109 Å². The van der Waals surface area contributed by atoms with Crippen LogP contribution in [0.25, 0.3) is 5.65 Å². The van der Waals surface area contributed by atoms with Crippen LogP contribution in [0.2, 0.25) is 0 Å². The van der Waals surface area contributed by atoms with Crippen molar-refractivity contribution < 1.29 is 13.2 Å². The summed E-state index contributed by atoms with van der Waals surface area (Å²) in [6.45, 7) is 3.82. The van der Waals surface area contributed by atoms with Crippen molar-refractivity contribution in [3.63, 3.8) is 0 Å². The van der Waals surface area contributed by atoms with Gasteiger partial charge in [0.15, 0.2) is 0 Å². The Hall–Kier alpha value is -1.52. The first-order valence-corrected chi connectivity index (χ1v) is 6.41. The van der Waals surface area contributed by atoms with Crippen molar-refractivity contribution in [2.75, 3.05) is 0 Å². The molecule has 0 aromatic carbocycles. The average Bonchev–Trinajstić information content (AvgIpc) is 2.65. The van der Waals surface area contributed by atoms with Crippen LogP contribution < -0.4 is 0 Å². The van der Waals surface area contributed by atoms with Crippen molar-refractivity contribution >= 4 is 5.65 Å². The standard InChI is InChI=1S/C14H15F3N2/c1-8-3-10(4-8)12-7-19-6-9(2)5-11(13(19)18-12)14(15,16)17/h5-8,10H,3-4H2,1-2H3. The second-order valence-electron chi connectivity index (χ2n) is 5.60. The minimum atomic E-state index is -4.36. The fourth-order valence-corrected chi connectivity index (χ4v) is 2.81. The van der Waals surface area contributed by atoms with Crippen molar-refractivity contribution in [3.05, 3.63) is 35.3 Å². The van der Waals surface area contributed by atoms with Gasteiger partial charge in [-0.3, -0.25) is 0 Å². The van der Waals surface area contributed by atoms with Gasteiger partial charge in [-0.2, -0.15) is 13.2 Å². The van der Waals surface area contributed by atoms with Gasteiger partial charge in [0.25, 0.3) is 0 Å². The lowest BCUT2D eigenvalue weighted by molar-refractivity contribution is -0.136. The van der Waals surface area contributed by atoms with Crippen molar-refractivity contribution in [2.45, 2.75) is 38.8 Å². The molecular weight excluding hydrogens is 253 g/mol. The second-order valence-corrected chi connectivity index (χ2v) is 5.60. The molecule has 2 aromatic heterocycles. The van der Waals surface area contributed by atoms with E-state index < -0.39 is 11.7 Å². The van der Waals surface area contributed by atoms with Gasteiger partial charge in [-0.25, -0.2) is 4.98 Å². The van der Waals surface area contributed by atoms with Gasteiger partial charge in [0.1, 0.15) is 5.65 Å². The third kappa shape index (κ3) is 2.11. The first kappa shape index (κ1) is 12.5.